The van der Waals surface area contributed by atoms with E-state index in [4.69, 9.17) is 0 Å². The maximum absolute atomic E-state index is 12.2. The number of nitrogens with zero attached hydrogens (tertiary/aromatic N) is 1. The van der Waals surface area contributed by atoms with Crippen LogP contribution in [0.3, 0.4) is 0 Å². The summed E-state index contributed by atoms with van der Waals surface area (Å²) in [7, 11) is -3.84. The van der Waals surface area contributed by atoms with Gasteiger partial charge in [0.05, 0.1) is 5.75 Å². The van der Waals surface area contributed by atoms with Crippen LogP contribution in [0.25, 0.3) is 0 Å². The molecule has 104 valence electrons. The minimum atomic E-state index is -4.50. The molecule has 1 N–H and O–H groups in total. The predicted molar refractivity (Wildman–Crippen MR) is 60.2 cm³/mol. The SMILES string of the molecule is CCCN(CC(F)(F)F)S(=O)(=O)CCNCC. The van der Waals surface area contributed by atoms with Gasteiger partial charge in [-0.15, -0.1) is 0 Å². The predicted octanol–water partition coefficient (Wildman–Crippen LogP) is 1.20. The van der Waals surface area contributed by atoms with Gasteiger partial charge in [-0.2, -0.15) is 17.5 Å². The largest absolute Gasteiger partial charge is 0.402 e. The molecule has 0 heterocycles. The minimum Gasteiger partial charge on any atom is -0.316 e. The Balaban J connectivity index is 4.56. The molecular formula is C9H19F3N2O2S. The smallest absolute Gasteiger partial charge is 0.316 e. The lowest BCUT2D eigenvalue weighted by molar-refractivity contribution is -0.136. The van der Waals surface area contributed by atoms with Gasteiger partial charge in [-0.25, -0.2) is 8.42 Å². The molecule has 0 radical (unpaired) electrons. The molecule has 17 heavy (non-hydrogen) atoms. The maximum atomic E-state index is 12.2. The van der Waals surface area contributed by atoms with Gasteiger partial charge < -0.3 is 5.32 Å². The molecule has 0 atom stereocenters. The van der Waals surface area contributed by atoms with Crippen molar-refractivity contribution in [2.24, 2.45) is 0 Å². The first-order valence-corrected chi connectivity index (χ1v) is 7.09. The summed E-state index contributed by atoms with van der Waals surface area (Å²) in [4.78, 5) is 0. The van der Waals surface area contributed by atoms with Crippen LogP contribution < -0.4 is 5.32 Å². The molecule has 0 saturated carbocycles. The molecule has 0 bridgehead atoms. The van der Waals surface area contributed by atoms with Gasteiger partial charge in [-0.3, -0.25) is 0 Å². The summed E-state index contributed by atoms with van der Waals surface area (Å²) in [6, 6.07) is 0. The average Bonchev–Trinajstić information content (AvgIpc) is 2.15. The van der Waals surface area contributed by atoms with Crippen molar-refractivity contribution in [3.8, 4) is 0 Å². The van der Waals surface area contributed by atoms with E-state index >= 15 is 0 Å². The Morgan fingerprint density at radius 2 is 1.82 bits per heavy atom. The van der Waals surface area contributed by atoms with Crippen LogP contribution in [-0.4, -0.2) is 50.8 Å². The van der Waals surface area contributed by atoms with E-state index < -0.39 is 22.7 Å². The molecule has 0 aliphatic rings. The Morgan fingerprint density at radius 1 is 1.24 bits per heavy atom. The average molecular weight is 276 g/mol. The lowest BCUT2D eigenvalue weighted by atomic mass is 10.5. The topological polar surface area (TPSA) is 49.4 Å². The first kappa shape index (κ1) is 16.7. The summed E-state index contributed by atoms with van der Waals surface area (Å²) in [6.45, 7) is 2.68. The van der Waals surface area contributed by atoms with Crippen LogP contribution in [0, 0.1) is 0 Å². The number of alkyl halides is 3. The molecule has 0 aromatic carbocycles. The van der Waals surface area contributed by atoms with E-state index in [9.17, 15) is 21.6 Å². The third kappa shape index (κ3) is 7.56. The summed E-state index contributed by atoms with van der Waals surface area (Å²) < 4.78 is 60.5. The molecule has 4 nitrogen and oxygen atoms in total. The van der Waals surface area contributed by atoms with Crippen molar-refractivity contribution in [2.45, 2.75) is 26.4 Å². The van der Waals surface area contributed by atoms with Gasteiger partial charge in [-0.1, -0.05) is 13.8 Å². The molecule has 0 rings (SSSR count). The van der Waals surface area contributed by atoms with E-state index in [0.717, 1.165) is 0 Å². The Labute approximate surface area is 100 Å². The van der Waals surface area contributed by atoms with Gasteiger partial charge >= 0.3 is 6.18 Å². The molecule has 0 spiro atoms. The summed E-state index contributed by atoms with van der Waals surface area (Å²) in [5, 5.41) is 2.78. The number of sulfonamides is 1. The monoisotopic (exact) mass is 276 g/mol. The van der Waals surface area contributed by atoms with Crippen molar-refractivity contribution in [3.05, 3.63) is 0 Å². The van der Waals surface area contributed by atoms with Crippen LogP contribution in [0.2, 0.25) is 0 Å². The molecule has 0 amide bonds. The molecule has 0 aliphatic heterocycles. The second kappa shape index (κ2) is 7.17. The number of hydrogen-bond donors (Lipinski definition) is 1. The van der Waals surface area contributed by atoms with Gasteiger partial charge in [0, 0.05) is 13.1 Å². The van der Waals surface area contributed by atoms with E-state index in [1.165, 1.54) is 0 Å². The fourth-order valence-electron chi connectivity index (χ4n) is 1.27. The fraction of sp³-hybridized carbons (Fsp3) is 1.00. The Bertz CT molecular complexity index is 304. The molecule has 8 heteroatoms. The van der Waals surface area contributed by atoms with E-state index in [1.807, 2.05) is 0 Å². The normalized spacial score (nSPS) is 13.3. The highest BCUT2D eigenvalue weighted by molar-refractivity contribution is 7.89. The summed E-state index contributed by atoms with van der Waals surface area (Å²) in [6.07, 6.45) is -4.14. The maximum Gasteiger partial charge on any atom is 0.402 e. The highest BCUT2D eigenvalue weighted by atomic mass is 32.2. The minimum absolute atomic E-state index is 0.103. The van der Waals surface area contributed by atoms with Crippen molar-refractivity contribution >= 4 is 10.0 Å². The standard InChI is InChI=1S/C9H19F3N2O2S/c1-3-6-14(8-9(10,11)12)17(15,16)7-5-13-4-2/h13H,3-8H2,1-2H3. The van der Waals surface area contributed by atoms with Crippen molar-refractivity contribution in [2.75, 3.05) is 31.9 Å². The van der Waals surface area contributed by atoms with Crippen LogP contribution >= 0.6 is 0 Å². The Kier molecular flexibility index (Phi) is 7.03. The molecule has 0 saturated heterocycles. The molecule has 0 aromatic rings. The van der Waals surface area contributed by atoms with E-state index in [1.54, 1.807) is 13.8 Å². The number of rotatable bonds is 8. The van der Waals surface area contributed by atoms with Gasteiger partial charge in [0.25, 0.3) is 0 Å². The number of hydrogen-bond acceptors (Lipinski definition) is 3. The van der Waals surface area contributed by atoms with Gasteiger partial charge in [-0.05, 0) is 13.0 Å². The molecule has 0 fully saturated rings. The van der Waals surface area contributed by atoms with E-state index in [0.29, 0.717) is 17.3 Å². The summed E-state index contributed by atoms with van der Waals surface area (Å²) in [5.74, 6) is -0.309. The van der Waals surface area contributed by atoms with Crippen molar-refractivity contribution in [3.63, 3.8) is 0 Å². The fourth-order valence-corrected chi connectivity index (χ4v) is 2.74. The summed E-state index contributed by atoms with van der Waals surface area (Å²) >= 11 is 0. The van der Waals surface area contributed by atoms with Gasteiger partial charge in [0.15, 0.2) is 0 Å². The van der Waals surface area contributed by atoms with Gasteiger partial charge in [0.1, 0.15) is 6.54 Å². The van der Waals surface area contributed by atoms with Crippen molar-refractivity contribution < 1.29 is 21.6 Å². The lowest BCUT2D eigenvalue weighted by Crippen LogP contribution is -2.42. The molecule has 0 aromatic heterocycles. The van der Waals surface area contributed by atoms with Crippen LogP contribution in [0.5, 0.6) is 0 Å². The second-order valence-corrected chi connectivity index (χ2v) is 5.71. The number of halogens is 3. The van der Waals surface area contributed by atoms with Crippen molar-refractivity contribution in [1.82, 2.24) is 9.62 Å². The molecule has 0 unspecified atom stereocenters. The van der Waals surface area contributed by atoms with Crippen LogP contribution in [0.4, 0.5) is 13.2 Å². The Hall–Kier alpha value is -0.340. The van der Waals surface area contributed by atoms with E-state index in [-0.39, 0.29) is 18.8 Å². The van der Waals surface area contributed by atoms with E-state index in [2.05, 4.69) is 5.32 Å². The zero-order valence-electron chi connectivity index (χ0n) is 10.0. The Morgan fingerprint density at radius 3 is 2.24 bits per heavy atom. The zero-order chi connectivity index (χ0) is 13.5. The first-order valence-electron chi connectivity index (χ1n) is 5.48. The third-order valence-corrected chi connectivity index (χ3v) is 3.83. The van der Waals surface area contributed by atoms with Crippen molar-refractivity contribution in [1.29, 1.82) is 0 Å². The number of nitrogens with one attached hydrogen (secondary N) is 1. The molecular weight excluding hydrogens is 257 g/mol. The van der Waals surface area contributed by atoms with Crippen LogP contribution in [0.1, 0.15) is 20.3 Å². The van der Waals surface area contributed by atoms with Gasteiger partial charge in [0.2, 0.25) is 10.0 Å². The highest BCUT2D eigenvalue weighted by Gasteiger charge is 2.35. The lowest BCUT2D eigenvalue weighted by Gasteiger charge is -2.22. The van der Waals surface area contributed by atoms with Crippen LogP contribution in [0.15, 0.2) is 0 Å². The highest BCUT2D eigenvalue weighted by Crippen LogP contribution is 2.18. The van der Waals surface area contributed by atoms with Crippen LogP contribution in [-0.2, 0) is 10.0 Å². The summed E-state index contributed by atoms with van der Waals surface area (Å²) in [5.41, 5.74) is 0. The molecule has 0 aliphatic carbocycles. The second-order valence-electron chi connectivity index (χ2n) is 3.62. The first-order chi connectivity index (χ1) is 7.73. The third-order valence-electron chi connectivity index (χ3n) is 2.01. The quantitative estimate of drug-likeness (QED) is 0.678. The zero-order valence-corrected chi connectivity index (χ0v) is 10.9.